The van der Waals surface area contributed by atoms with Gasteiger partial charge in [0.1, 0.15) is 6.61 Å². The van der Waals surface area contributed by atoms with E-state index in [2.05, 4.69) is 36.1 Å². The van der Waals surface area contributed by atoms with E-state index >= 15 is 0 Å². The fraction of sp³-hybridized carbons (Fsp3) is 0.357. The summed E-state index contributed by atoms with van der Waals surface area (Å²) in [6, 6.07) is 9.46. The number of nitrogens with zero attached hydrogens (tertiary/aromatic N) is 8. The summed E-state index contributed by atoms with van der Waals surface area (Å²) < 4.78 is 5.02. The lowest BCUT2D eigenvalue weighted by Crippen LogP contribution is -2.24. The van der Waals surface area contributed by atoms with E-state index in [1.807, 2.05) is 30.3 Å². The molecule has 0 saturated heterocycles. The van der Waals surface area contributed by atoms with E-state index in [4.69, 9.17) is 10.5 Å². The minimum absolute atomic E-state index is 0. The van der Waals surface area contributed by atoms with E-state index < -0.39 is 6.09 Å². The zero-order chi connectivity index (χ0) is 18.8. The van der Waals surface area contributed by atoms with Gasteiger partial charge in [0.25, 0.3) is 0 Å². The van der Waals surface area contributed by atoms with E-state index in [1.54, 1.807) is 14.1 Å². The lowest BCUT2D eigenvalue weighted by molar-refractivity contribution is 0.139. The molecule has 0 aliphatic carbocycles. The summed E-state index contributed by atoms with van der Waals surface area (Å²) in [6.45, 7) is 0.788. The summed E-state index contributed by atoms with van der Waals surface area (Å²) >= 11 is 0. The van der Waals surface area contributed by atoms with Gasteiger partial charge < -0.3 is 15.8 Å². The van der Waals surface area contributed by atoms with Crippen LogP contribution in [0.3, 0.4) is 0 Å². The van der Waals surface area contributed by atoms with Gasteiger partial charge in [-0.05, 0) is 16.0 Å². The lowest BCUT2D eigenvalue weighted by atomic mass is 10.2. The topological polar surface area (TPSA) is 152 Å². The summed E-state index contributed by atoms with van der Waals surface area (Å²) in [5.74, 6) is 1.02. The van der Waals surface area contributed by atoms with Gasteiger partial charge in [0.2, 0.25) is 0 Å². The molecule has 3 rings (SSSR count). The van der Waals surface area contributed by atoms with Gasteiger partial charge in [-0.15, -0.1) is 20.4 Å². The number of hydrogen-bond acceptors (Lipinski definition) is 9. The predicted molar refractivity (Wildman–Crippen MR) is 91.1 cm³/mol. The maximum absolute atomic E-state index is 11.4. The minimum atomic E-state index is -0.508. The van der Waals surface area contributed by atoms with E-state index in [-0.39, 0.29) is 14.6 Å². The van der Waals surface area contributed by atoms with Crippen molar-refractivity contribution in [3.63, 3.8) is 0 Å². The van der Waals surface area contributed by atoms with Crippen LogP contribution in [0.25, 0.3) is 0 Å². The van der Waals surface area contributed by atoms with Gasteiger partial charge in [-0.25, -0.2) is 4.79 Å². The number of nitrogens with one attached hydrogen (secondary N) is 1. The molecule has 1 amide bonds. The van der Waals surface area contributed by atoms with Crippen molar-refractivity contribution in [2.75, 3.05) is 0 Å². The van der Waals surface area contributed by atoms with E-state index in [9.17, 15) is 4.79 Å². The molecular weight excluding hydrogens is 340 g/mol. The quantitative estimate of drug-likeness (QED) is 0.614. The van der Waals surface area contributed by atoms with Gasteiger partial charge in [0.05, 0.1) is 27.2 Å². The van der Waals surface area contributed by atoms with Gasteiger partial charge >= 0.3 is 6.09 Å². The van der Waals surface area contributed by atoms with Crippen LogP contribution in [-0.4, -0.2) is 46.5 Å². The van der Waals surface area contributed by atoms with Crippen LogP contribution in [0, 0.1) is 0 Å². The molecule has 0 unspecified atom stereocenters. The molecule has 2 heterocycles. The van der Waals surface area contributed by atoms with Crippen molar-refractivity contribution in [1.29, 1.82) is 0 Å². The van der Waals surface area contributed by atoms with Gasteiger partial charge in [-0.3, -0.25) is 0 Å². The maximum atomic E-state index is 11.4. The fourth-order valence-electron chi connectivity index (χ4n) is 1.72. The summed E-state index contributed by atoms with van der Waals surface area (Å²) in [5, 5.41) is 24.8. The molecule has 2 aromatic heterocycles. The Hall–Kier alpha value is -3.41. The van der Waals surface area contributed by atoms with Crippen molar-refractivity contribution in [2.24, 2.45) is 19.8 Å². The number of benzene rings is 1. The van der Waals surface area contributed by atoms with Crippen LogP contribution < -0.4 is 11.1 Å². The smallest absolute Gasteiger partial charge is 0.407 e. The highest BCUT2D eigenvalue weighted by atomic mass is 16.5. The summed E-state index contributed by atoms with van der Waals surface area (Å²) in [7, 11) is 3.36. The number of nitrogens with two attached hydrogens (primary N) is 1. The number of ether oxygens (including phenoxy) is 1. The second-order valence-corrected chi connectivity index (χ2v) is 5.01. The van der Waals surface area contributed by atoms with Crippen LogP contribution in [-0.2, 0) is 38.5 Å². The molecule has 0 radical (unpaired) electrons. The molecule has 0 bridgehead atoms. The highest BCUT2D eigenvalue weighted by Crippen LogP contribution is 2.00. The first-order valence-electron chi connectivity index (χ1n) is 7.67. The van der Waals surface area contributed by atoms with Gasteiger partial charge in [-0.1, -0.05) is 30.3 Å². The average Bonchev–Trinajstić information content (AvgIpc) is 3.27. The van der Waals surface area contributed by atoms with Crippen LogP contribution >= 0.6 is 0 Å². The third-order valence-electron chi connectivity index (χ3n) is 2.89. The Kier molecular flexibility index (Phi) is 7.12. The first-order valence-corrected chi connectivity index (χ1v) is 7.67. The maximum Gasteiger partial charge on any atom is 0.407 e. The molecule has 0 fully saturated rings. The third kappa shape index (κ3) is 6.60. The first-order chi connectivity index (χ1) is 12.6. The SMILES string of the molecule is Cn1nnc(CN)n1.Cn1nnc(CNC(=O)OCc2ccccc2)n1.[HH]. The fourth-order valence-corrected chi connectivity index (χ4v) is 1.72. The molecule has 140 valence electrons. The van der Waals surface area contributed by atoms with Gasteiger partial charge in [0.15, 0.2) is 11.6 Å². The van der Waals surface area contributed by atoms with Gasteiger partial charge in [0, 0.05) is 1.43 Å². The summed E-state index contributed by atoms with van der Waals surface area (Å²) in [6.07, 6.45) is -0.508. The Morgan fingerprint density at radius 3 is 2.23 bits per heavy atom. The third-order valence-corrected chi connectivity index (χ3v) is 2.89. The average molecular weight is 362 g/mol. The molecule has 0 atom stereocenters. The molecule has 0 saturated carbocycles. The van der Waals surface area contributed by atoms with E-state index in [0.717, 1.165) is 5.56 Å². The Morgan fingerprint density at radius 2 is 1.73 bits per heavy atom. The molecule has 12 heteroatoms. The second-order valence-electron chi connectivity index (χ2n) is 5.01. The van der Waals surface area contributed by atoms with Crippen LogP contribution in [0.2, 0.25) is 0 Å². The molecule has 3 aromatic rings. The monoisotopic (exact) mass is 362 g/mol. The number of rotatable bonds is 5. The largest absolute Gasteiger partial charge is 0.445 e. The Labute approximate surface area is 150 Å². The van der Waals surface area contributed by atoms with Crippen molar-refractivity contribution in [3.8, 4) is 0 Å². The Bertz CT molecular complexity index is 807. The standard InChI is InChI=1S/C11H13N5O2.C3H7N5.H2/c1-16-14-10(13-15-16)7-12-11(17)18-8-9-5-3-2-4-6-9;1-8-6-3(2-4)5-7-8;/h2-6H,7-8H2,1H3,(H,12,17);2,4H2,1H3;1H. The normalized spacial score (nSPS) is 9.96. The minimum Gasteiger partial charge on any atom is -0.445 e. The van der Waals surface area contributed by atoms with E-state index in [1.165, 1.54) is 9.59 Å². The number of aryl methyl sites for hydroxylation is 2. The number of amides is 1. The second kappa shape index (κ2) is 9.78. The van der Waals surface area contributed by atoms with Crippen molar-refractivity contribution in [2.45, 2.75) is 19.7 Å². The molecule has 0 aliphatic rings. The summed E-state index contributed by atoms with van der Waals surface area (Å²) in [5.41, 5.74) is 6.12. The molecule has 12 nitrogen and oxygen atoms in total. The highest BCUT2D eigenvalue weighted by Gasteiger charge is 2.05. The molecule has 3 N–H and O–H groups in total. The van der Waals surface area contributed by atoms with Crippen molar-refractivity contribution in [1.82, 2.24) is 45.7 Å². The number of hydrogen-bond donors (Lipinski definition) is 2. The van der Waals surface area contributed by atoms with E-state index in [0.29, 0.717) is 18.2 Å². The Balaban J connectivity index is 0.000000342. The first kappa shape index (κ1) is 18.9. The lowest BCUT2D eigenvalue weighted by Gasteiger charge is -2.05. The van der Waals surface area contributed by atoms with Crippen LogP contribution in [0.5, 0.6) is 0 Å². The molecule has 1 aromatic carbocycles. The van der Waals surface area contributed by atoms with Crippen molar-refractivity contribution in [3.05, 3.63) is 47.5 Å². The number of carbonyl (C=O) groups excluding carboxylic acids is 1. The molecule has 26 heavy (non-hydrogen) atoms. The van der Waals surface area contributed by atoms with Crippen LogP contribution in [0.1, 0.15) is 18.6 Å². The number of aromatic nitrogens is 8. The van der Waals surface area contributed by atoms with Crippen molar-refractivity contribution >= 4 is 6.09 Å². The molecular formula is C14H22N10O2. The number of carbonyl (C=O) groups is 1. The number of tetrazole rings is 2. The van der Waals surface area contributed by atoms with Gasteiger partial charge in [-0.2, -0.15) is 9.59 Å². The zero-order valence-corrected chi connectivity index (χ0v) is 14.5. The summed E-state index contributed by atoms with van der Waals surface area (Å²) in [4.78, 5) is 14.1. The van der Waals surface area contributed by atoms with Crippen LogP contribution in [0.4, 0.5) is 4.79 Å². The predicted octanol–water partition coefficient (Wildman–Crippen LogP) is -0.449. The van der Waals surface area contributed by atoms with Crippen LogP contribution in [0.15, 0.2) is 30.3 Å². The zero-order valence-electron chi connectivity index (χ0n) is 14.5. The number of alkyl carbamates (subject to hydrolysis) is 1. The molecule has 0 aliphatic heterocycles. The molecule has 0 spiro atoms. The highest BCUT2D eigenvalue weighted by molar-refractivity contribution is 5.66. The van der Waals surface area contributed by atoms with Crippen molar-refractivity contribution < 1.29 is 11.0 Å². The Morgan fingerprint density at radius 1 is 1.12 bits per heavy atom.